The lowest BCUT2D eigenvalue weighted by atomic mass is 9.85. The van der Waals surface area contributed by atoms with E-state index in [4.69, 9.17) is 5.11 Å². The van der Waals surface area contributed by atoms with Crippen LogP contribution in [0.5, 0.6) is 0 Å². The first-order valence-corrected chi connectivity index (χ1v) is 6.91. The molecule has 0 saturated carbocycles. The van der Waals surface area contributed by atoms with E-state index in [1.807, 2.05) is 18.7 Å². The van der Waals surface area contributed by atoms with Crippen LogP contribution in [0.25, 0.3) is 0 Å². The van der Waals surface area contributed by atoms with Crippen molar-refractivity contribution in [3.05, 3.63) is 0 Å². The van der Waals surface area contributed by atoms with Crippen molar-refractivity contribution in [2.24, 2.45) is 11.8 Å². The Morgan fingerprint density at radius 3 is 2.55 bits per heavy atom. The van der Waals surface area contributed by atoms with E-state index in [9.17, 15) is 18.0 Å². The van der Waals surface area contributed by atoms with Crippen molar-refractivity contribution in [2.75, 3.05) is 26.2 Å². The van der Waals surface area contributed by atoms with E-state index in [1.165, 1.54) is 0 Å². The Morgan fingerprint density at radius 1 is 1.40 bits per heavy atom. The molecule has 1 fully saturated rings. The number of carbonyl (C=O) groups is 1. The zero-order valence-electron chi connectivity index (χ0n) is 11.9. The molecule has 1 heterocycles. The van der Waals surface area contributed by atoms with E-state index in [2.05, 4.69) is 5.32 Å². The number of nitrogens with one attached hydrogen (secondary N) is 1. The molecule has 2 N–H and O–H groups in total. The number of halogens is 3. The fraction of sp³-hybridized carbons (Fsp3) is 0.923. The fourth-order valence-electron chi connectivity index (χ4n) is 2.56. The Bertz CT molecular complexity index is 321. The number of rotatable bonds is 6. The molecule has 1 saturated heterocycles. The number of hydrogen-bond donors (Lipinski definition) is 2. The lowest BCUT2D eigenvalue weighted by Gasteiger charge is -2.39. The number of nitrogens with zero attached hydrogens (tertiary/aromatic N) is 1. The molecule has 0 aromatic rings. The van der Waals surface area contributed by atoms with Crippen molar-refractivity contribution >= 4 is 5.97 Å². The minimum absolute atomic E-state index is 0.0246. The van der Waals surface area contributed by atoms with Gasteiger partial charge in [0.2, 0.25) is 0 Å². The summed E-state index contributed by atoms with van der Waals surface area (Å²) >= 11 is 0. The van der Waals surface area contributed by atoms with E-state index < -0.39 is 18.7 Å². The maximum Gasteiger partial charge on any atom is 0.401 e. The van der Waals surface area contributed by atoms with Crippen LogP contribution in [0.3, 0.4) is 0 Å². The summed E-state index contributed by atoms with van der Waals surface area (Å²) in [7, 11) is 0. The molecule has 118 valence electrons. The highest BCUT2D eigenvalue weighted by atomic mass is 19.4. The lowest BCUT2D eigenvalue weighted by Crippen LogP contribution is -2.52. The van der Waals surface area contributed by atoms with Crippen LogP contribution in [0.2, 0.25) is 0 Å². The molecule has 0 aliphatic carbocycles. The van der Waals surface area contributed by atoms with Crippen LogP contribution in [0.4, 0.5) is 13.2 Å². The van der Waals surface area contributed by atoms with Gasteiger partial charge in [0.05, 0.1) is 13.0 Å². The second-order valence-electron chi connectivity index (χ2n) is 5.84. The third-order valence-electron chi connectivity index (χ3n) is 3.73. The van der Waals surface area contributed by atoms with Gasteiger partial charge in [0, 0.05) is 25.7 Å². The van der Waals surface area contributed by atoms with Gasteiger partial charge in [0.15, 0.2) is 0 Å². The Labute approximate surface area is 117 Å². The largest absolute Gasteiger partial charge is 0.481 e. The molecule has 0 spiro atoms. The van der Waals surface area contributed by atoms with Gasteiger partial charge in [-0.15, -0.1) is 0 Å². The lowest BCUT2D eigenvalue weighted by molar-refractivity contribution is -0.137. The summed E-state index contributed by atoms with van der Waals surface area (Å²) in [6, 6.07) is -0.230. The molecule has 0 aromatic carbocycles. The summed E-state index contributed by atoms with van der Waals surface area (Å²) in [6.45, 7) is 4.73. The van der Waals surface area contributed by atoms with Crippen LogP contribution in [0, 0.1) is 11.8 Å². The smallest absolute Gasteiger partial charge is 0.401 e. The number of piperidine rings is 1. The number of alkyl halides is 3. The van der Waals surface area contributed by atoms with Crippen LogP contribution < -0.4 is 5.32 Å². The molecule has 2 atom stereocenters. The quantitative estimate of drug-likeness (QED) is 0.787. The predicted molar refractivity (Wildman–Crippen MR) is 69.5 cm³/mol. The van der Waals surface area contributed by atoms with Gasteiger partial charge in [-0.05, 0) is 18.3 Å². The number of carboxylic acids is 1. The zero-order chi connectivity index (χ0) is 15.3. The second-order valence-corrected chi connectivity index (χ2v) is 5.84. The number of carboxylic acid groups (broad SMARTS) is 1. The van der Waals surface area contributed by atoms with Crippen LogP contribution >= 0.6 is 0 Å². The second kappa shape index (κ2) is 7.26. The third-order valence-corrected chi connectivity index (χ3v) is 3.73. The van der Waals surface area contributed by atoms with Gasteiger partial charge in [-0.2, -0.15) is 13.2 Å². The maximum atomic E-state index is 12.3. The van der Waals surface area contributed by atoms with Gasteiger partial charge < -0.3 is 15.3 Å². The van der Waals surface area contributed by atoms with E-state index in [1.54, 1.807) is 0 Å². The Morgan fingerprint density at radius 2 is 2.05 bits per heavy atom. The summed E-state index contributed by atoms with van der Waals surface area (Å²) in [5.41, 5.74) is 0. The number of aliphatic carboxylic acids is 1. The molecule has 7 heteroatoms. The fourth-order valence-corrected chi connectivity index (χ4v) is 2.56. The standard InChI is InChI=1S/C13H23F3N2O2/c1-9(2)10-5-11(17-8-13(14,15)16)7-18(6-10)4-3-12(19)20/h9-11,17H,3-8H2,1-2H3,(H,19,20). The van der Waals surface area contributed by atoms with Gasteiger partial charge in [-0.25, -0.2) is 0 Å². The average molecular weight is 296 g/mol. The summed E-state index contributed by atoms with van der Waals surface area (Å²) in [4.78, 5) is 12.6. The van der Waals surface area contributed by atoms with Gasteiger partial charge in [0.25, 0.3) is 0 Å². The van der Waals surface area contributed by atoms with Crippen molar-refractivity contribution in [1.29, 1.82) is 0 Å². The monoisotopic (exact) mass is 296 g/mol. The topological polar surface area (TPSA) is 52.6 Å². The normalized spacial score (nSPS) is 25.1. The molecule has 0 amide bonds. The molecule has 20 heavy (non-hydrogen) atoms. The van der Waals surface area contributed by atoms with Crippen molar-refractivity contribution in [2.45, 2.75) is 38.9 Å². The average Bonchev–Trinajstić information content (AvgIpc) is 2.33. The molecule has 1 aliphatic heterocycles. The molecule has 1 aliphatic rings. The minimum atomic E-state index is -4.21. The van der Waals surface area contributed by atoms with Crippen molar-refractivity contribution in [3.8, 4) is 0 Å². The minimum Gasteiger partial charge on any atom is -0.481 e. The summed E-state index contributed by atoms with van der Waals surface area (Å²) in [6.07, 6.45) is -3.48. The van der Waals surface area contributed by atoms with Gasteiger partial charge in [0.1, 0.15) is 0 Å². The molecular weight excluding hydrogens is 273 g/mol. The summed E-state index contributed by atoms with van der Waals surface area (Å²) in [5, 5.41) is 11.3. The van der Waals surface area contributed by atoms with Crippen LogP contribution in [0.15, 0.2) is 0 Å². The summed E-state index contributed by atoms with van der Waals surface area (Å²) in [5.74, 6) is -0.211. The number of hydrogen-bond acceptors (Lipinski definition) is 3. The van der Waals surface area contributed by atoms with Crippen LogP contribution in [0.1, 0.15) is 26.7 Å². The van der Waals surface area contributed by atoms with Gasteiger partial charge >= 0.3 is 12.1 Å². The zero-order valence-corrected chi connectivity index (χ0v) is 11.9. The third kappa shape index (κ3) is 6.56. The molecule has 0 aromatic heterocycles. The number of likely N-dealkylation sites (tertiary alicyclic amines) is 1. The first-order valence-electron chi connectivity index (χ1n) is 6.91. The SMILES string of the molecule is CC(C)C1CC(NCC(F)(F)F)CN(CCC(=O)O)C1. The Kier molecular flexibility index (Phi) is 6.26. The molecule has 0 radical (unpaired) electrons. The van der Waals surface area contributed by atoms with Crippen molar-refractivity contribution < 1.29 is 23.1 Å². The highest BCUT2D eigenvalue weighted by Crippen LogP contribution is 2.24. The van der Waals surface area contributed by atoms with Crippen molar-refractivity contribution in [1.82, 2.24) is 10.2 Å². The first kappa shape index (κ1) is 17.2. The van der Waals surface area contributed by atoms with Crippen LogP contribution in [-0.2, 0) is 4.79 Å². The molecule has 4 nitrogen and oxygen atoms in total. The molecule has 1 rings (SSSR count). The Balaban J connectivity index is 2.53. The van der Waals surface area contributed by atoms with Crippen molar-refractivity contribution in [3.63, 3.8) is 0 Å². The van der Waals surface area contributed by atoms with E-state index >= 15 is 0 Å². The Hall–Kier alpha value is -0.820. The summed E-state index contributed by atoms with van der Waals surface area (Å²) < 4.78 is 36.8. The van der Waals surface area contributed by atoms with E-state index in [-0.39, 0.29) is 12.5 Å². The highest BCUT2D eigenvalue weighted by molar-refractivity contribution is 5.66. The van der Waals surface area contributed by atoms with Crippen LogP contribution in [-0.4, -0.2) is 54.4 Å². The predicted octanol–water partition coefficient (Wildman–Crippen LogP) is 1.96. The van der Waals surface area contributed by atoms with E-state index in [0.717, 1.165) is 6.54 Å². The van der Waals surface area contributed by atoms with E-state index in [0.29, 0.717) is 31.3 Å². The maximum absolute atomic E-state index is 12.3. The molecule has 0 bridgehead atoms. The first-order chi connectivity index (χ1) is 9.17. The van der Waals surface area contributed by atoms with Gasteiger partial charge in [-0.3, -0.25) is 4.79 Å². The van der Waals surface area contributed by atoms with Gasteiger partial charge in [-0.1, -0.05) is 13.8 Å². The molecule has 2 unspecified atom stereocenters. The molecular formula is C13H23F3N2O2. The highest BCUT2D eigenvalue weighted by Gasteiger charge is 2.32.